The van der Waals surface area contributed by atoms with Crippen molar-refractivity contribution in [3.05, 3.63) is 29.8 Å². The van der Waals surface area contributed by atoms with E-state index in [-0.39, 0.29) is 18.7 Å². The predicted molar refractivity (Wildman–Crippen MR) is 83.6 cm³/mol. The van der Waals surface area contributed by atoms with E-state index in [2.05, 4.69) is 17.6 Å². The first-order valence-electron chi connectivity index (χ1n) is 7.37. The van der Waals surface area contributed by atoms with Gasteiger partial charge < -0.3 is 20.5 Å². The summed E-state index contributed by atoms with van der Waals surface area (Å²) in [7, 11) is 1.65. The molecular formula is C16H26N2O3. The minimum atomic E-state index is -0.225. The first-order chi connectivity index (χ1) is 10.1. The number of carbonyl (C=O) groups is 1. The standard InChI is InChI=1S/C16H26N2O3/c1-4-14(11-19)18-16(20)17-10-12(2)9-13-5-7-15(21-3)8-6-13/h5-8,12,14,19H,4,9-11H2,1-3H3,(H2,17,18,20). The predicted octanol–water partition coefficient (Wildman–Crippen LogP) is 1.94. The lowest BCUT2D eigenvalue weighted by atomic mass is 10.0. The van der Waals surface area contributed by atoms with E-state index in [1.54, 1.807) is 7.11 Å². The van der Waals surface area contributed by atoms with E-state index in [1.807, 2.05) is 31.2 Å². The number of carbonyl (C=O) groups excluding carboxylic acids is 1. The second-order valence-electron chi connectivity index (χ2n) is 5.30. The maximum Gasteiger partial charge on any atom is 0.315 e. The SMILES string of the molecule is CCC(CO)NC(=O)NCC(C)Cc1ccc(OC)cc1. The monoisotopic (exact) mass is 294 g/mol. The third-order valence-electron chi connectivity index (χ3n) is 3.40. The highest BCUT2D eigenvalue weighted by Gasteiger charge is 2.10. The van der Waals surface area contributed by atoms with Gasteiger partial charge in [-0.15, -0.1) is 0 Å². The van der Waals surface area contributed by atoms with Crippen molar-refractivity contribution in [2.24, 2.45) is 5.92 Å². The molecule has 0 radical (unpaired) electrons. The Hall–Kier alpha value is -1.75. The number of aliphatic hydroxyl groups is 1. The first-order valence-corrected chi connectivity index (χ1v) is 7.37. The topological polar surface area (TPSA) is 70.6 Å². The number of ether oxygens (including phenoxy) is 1. The molecule has 118 valence electrons. The van der Waals surface area contributed by atoms with Crippen LogP contribution < -0.4 is 15.4 Å². The Bertz CT molecular complexity index is 416. The van der Waals surface area contributed by atoms with E-state index in [9.17, 15) is 4.79 Å². The molecule has 0 aliphatic carbocycles. The molecule has 0 heterocycles. The van der Waals surface area contributed by atoms with Crippen LogP contribution in [0.25, 0.3) is 0 Å². The third kappa shape index (κ3) is 6.49. The number of benzene rings is 1. The van der Waals surface area contributed by atoms with Crippen molar-refractivity contribution in [1.29, 1.82) is 0 Å². The molecule has 0 saturated carbocycles. The quantitative estimate of drug-likeness (QED) is 0.686. The van der Waals surface area contributed by atoms with Crippen molar-refractivity contribution in [2.75, 3.05) is 20.3 Å². The van der Waals surface area contributed by atoms with Crippen molar-refractivity contribution in [1.82, 2.24) is 10.6 Å². The Labute approximate surface area is 126 Å². The lowest BCUT2D eigenvalue weighted by Crippen LogP contribution is -2.44. The van der Waals surface area contributed by atoms with Crippen molar-refractivity contribution in [3.63, 3.8) is 0 Å². The van der Waals surface area contributed by atoms with Gasteiger partial charge in [-0.1, -0.05) is 26.0 Å². The molecule has 0 aliphatic heterocycles. The van der Waals surface area contributed by atoms with Crippen LogP contribution in [0.5, 0.6) is 5.75 Å². The van der Waals surface area contributed by atoms with Gasteiger partial charge in [0.2, 0.25) is 0 Å². The first kappa shape index (κ1) is 17.3. The third-order valence-corrected chi connectivity index (χ3v) is 3.40. The van der Waals surface area contributed by atoms with Crippen LogP contribution in [-0.4, -0.2) is 37.4 Å². The van der Waals surface area contributed by atoms with Crippen molar-refractivity contribution in [3.8, 4) is 5.75 Å². The van der Waals surface area contributed by atoms with Crippen molar-refractivity contribution >= 4 is 6.03 Å². The van der Waals surface area contributed by atoms with Crippen LogP contribution in [0.15, 0.2) is 24.3 Å². The maximum atomic E-state index is 11.7. The zero-order valence-corrected chi connectivity index (χ0v) is 13.1. The highest BCUT2D eigenvalue weighted by atomic mass is 16.5. The maximum absolute atomic E-state index is 11.7. The van der Waals surface area contributed by atoms with Gasteiger partial charge in [0, 0.05) is 6.54 Å². The second kappa shape index (κ2) is 9.23. The van der Waals surface area contributed by atoms with Crippen LogP contribution >= 0.6 is 0 Å². The Kier molecular flexibility index (Phi) is 7.61. The van der Waals surface area contributed by atoms with Gasteiger partial charge in [0.25, 0.3) is 0 Å². The summed E-state index contributed by atoms with van der Waals surface area (Å²) in [5, 5.41) is 14.6. The highest BCUT2D eigenvalue weighted by Crippen LogP contribution is 2.14. The fourth-order valence-corrected chi connectivity index (χ4v) is 2.02. The lowest BCUT2D eigenvalue weighted by molar-refractivity contribution is 0.213. The minimum Gasteiger partial charge on any atom is -0.497 e. The number of nitrogens with one attached hydrogen (secondary N) is 2. The smallest absolute Gasteiger partial charge is 0.315 e. The van der Waals surface area contributed by atoms with Crippen LogP contribution in [0, 0.1) is 5.92 Å². The van der Waals surface area contributed by atoms with Gasteiger partial charge in [0.1, 0.15) is 5.75 Å². The van der Waals surface area contributed by atoms with Crippen LogP contribution in [0.2, 0.25) is 0 Å². The highest BCUT2D eigenvalue weighted by molar-refractivity contribution is 5.74. The van der Waals surface area contributed by atoms with E-state index in [0.29, 0.717) is 18.9 Å². The molecule has 0 fully saturated rings. The van der Waals surface area contributed by atoms with E-state index < -0.39 is 0 Å². The summed E-state index contributed by atoms with van der Waals surface area (Å²) in [5.41, 5.74) is 1.22. The molecule has 0 spiro atoms. The number of amides is 2. The van der Waals surface area contributed by atoms with Crippen LogP contribution in [0.4, 0.5) is 4.79 Å². The Morgan fingerprint density at radius 3 is 2.52 bits per heavy atom. The van der Waals surface area contributed by atoms with E-state index in [0.717, 1.165) is 12.2 Å². The van der Waals surface area contributed by atoms with Gasteiger partial charge in [-0.2, -0.15) is 0 Å². The zero-order chi connectivity index (χ0) is 15.7. The number of aliphatic hydroxyl groups excluding tert-OH is 1. The van der Waals surface area contributed by atoms with Crippen LogP contribution in [-0.2, 0) is 6.42 Å². The molecule has 1 rings (SSSR count). The zero-order valence-electron chi connectivity index (χ0n) is 13.1. The molecular weight excluding hydrogens is 268 g/mol. The minimum absolute atomic E-state index is 0.0364. The van der Waals surface area contributed by atoms with Crippen molar-refractivity contribution in [2.45, 2.75) is 32.7 Å². The molecule has 2 amide bonds. The van der Waals surface area contributed by atoms with Gasteiger partial charge >= 0.3 is 6.03 Å². The summed E-state index contributed by atoms with van der Waals surface area (Å²) in [6.07, 6.45) is 1.60. The molecule has 0 bridgehead atoms. The summed E-state index contributed by atoms with van der Waals surface area (Å²) in [6.45, 7) is 4.58. The molecule has 5 heteroatoms. The number of hydrogen-bond donors (Lipinski definition) is 3. The van der Waals surface area contributed by atoms with E-state index in [1.165, 1.54) is 5.56 Å². The largest absolute Gasteiger partial charge is 0.497 e. The number of urea groups is 1. The summed E-state index contributed by atoms with van der Waals surface area (Å²) in [4.78, 5) is 11.7. The van der Waals surface area contributed by atoms with E-state index >= 15 is 0 Å². The average molecular weight is 294 g/mol. The molecule has 1 aromatic rings. The molecule has 21 heavy (non-hydrogen) atoms. The van der Waals surface area contributed by atoms with Gasteiger partial charge in [0.15, 0.2) is 0 Å². The molecule has 3 N–H and O–H groups in total. The molecule has 2 atom stereocenters. The van der Waals surface area contributed by atoms with E-state index in [4.69, 9.17) is 9.84 Å². The van der Waals surface area contributed by atoms with Crippen LogP contribution in [0.3, 0.4) is 0 Å². The lowest BCUT2D eigenvalue weighted by Gasteiger charge is -2.17. The normalized spacial score (nSPS) is 13.3. The fourth-order valence-electron chi connectivity index (χ4n) is 2.02. The number of methoxy groups -OCH3 is 1. The Morgan fingerprint density at radius 1 is 1.33 bits per heavy atom. The molecule has 2 unspecified atom stereocenters. The molecule has 1 aromatic carbocycles. The van der Waals surface area contributed by atoms with Gasteiger partial charge in [0.05, 0.1) is 19.8 Å². The summed E-state index contributed by atoms with van der Waals surface area (Å²) < 4.78 is 5.13. The van der Waals surface area contributed by atoms with Crippen LogP contribution in [0.1, 0.15) is 25.8 Å². The van der Waals surface area contributed by atoms with Gasteiger partial charge in [-0.05, 0) is 36.5 Å². The average Bonchev–Trinajstić information content (AvgIpc) is 2.51. The molecule has 5 nitrogen and oxygen atoms in total. The summed E-state index contributed by atoms with van der Waals surface area (Å²) >= 11 is 0. The Balaban J connectivity index is 2.32. The molecule has 0 aromatic heterocycles. The molecule has 0 aliphatic rings. The van der Waals surface area contributed by atoms with Gasteiger partial charge in [-0.3, -0.25) is 0 Å². The van der Waals surface area contributed by atoms with Gasteiger partial charge in [-0.25, -0.2) is 4.79 Å². The molecule has 0 saturated heterocycles. The Morgan fingerprint density at radius 2 is 2.00 bits per heavy atom. The summed E-state index contributed by atoms with van der Waals surface area (Å²) in [5.74, 6) is 1.18. The fraction of sp³-hybridized carbons (Fsp3) is 0.562. The van der Waals surface area contributed by atoms with Crippen molar-refractivity contribution < 1.29 is 14.6 Å². The second-order valence-corrected chi connectivity index (χ2v) is 5.30. The number of hydrogen-bond acceptors (Lipinski definition) is 3. The summed E-state index contributed by atoms with van der Waals surface area (Å²) in [6, 6.07) is 7.55. The number of rotatable bonds is 8.